The molecule has 2 nitrogen and oxygen atoms in total. The highest BCUT2D eigenvalue weighted by atomic mass is 19.4. The van der Waals surface area contributed by atoms with Crippen LogP contribution < -0.4 is 10.5 Å². The third-order valence-corrected chi connectivity index (χ3v) is 2.85. The molecule has 1 aromatic rings. The fraction of sp³-hybridized carbons (Fsp3) is 0.455. The van der Waals surface area contributed by atoms with Gasteiger partial charge in [-0.05, 0) is 31.0 Å². The van der Waals surface area contributed by atoms with Crippen LogP contribution in [0, 0.1) is 0 Å². The summed E-state index contributed by atoms with van der Waals surface area (Å²) < 4.78 is 42.6. The largest absolute Gasteiger partial charge is 0.496 e. The number of benzene rings is 1. The Kier molecular flexibility index (Phi) is 2.38. The first-order valence-corrected chi connectivity index (χ1v) is 4.91. The van der Waals surface area contributed by atoms with E-state index in [1.165, 1.54) is 13.2 Å². The molecule has 5 heteroatoms. The molecule has 0 radical (unpaired) electrons. The van der Waals surface area contributed by atoms with E-state index in [4.69, 9.17) is 10.5 Å². The van der Waals surface area contributed by atoms with E-state index in [9.17, 15) is 13.2 Å². The number of hydrogen-bond donors (Lipinski definition) is 1. The van der Waals surface area contributed by atoms with Crippen molar-refractivity contribution in [2.24, 2.45) is 5.73 Å². The molecule has 1 saturated carbocycles. The Morgan fingerprint density at radius 3 is 2.38 bits per heavy atom. The molecular formula is C11H12F3NO. The molecule has 1 fully saturated rings. The molecule has 0 atom stereocenters. The van der Waals surface area contributed by atoms with Gasteiger partial charge in [0.15, 0.2) is 0 Å². The molecule has 0 heterocycles. The van der Waals surface area contributed by atoms with E-state index in [2.05, 4.69) is 0 Å². The number of ether oxygens (including phenoxy) is 1. The second-order valence-electron chi connectivity index (χ2n) is 4.07. The van der Waals surface area contributed by atoms with Crippen LogP contribution in [0.1, 0.15) is 24.0 Å². The quantitative estimate of drug-likeness (QED) is 0.849. The van der Waals surface area contributed by atoms with E-state index in [0.29, 0.717) is 24.2 Å². The van der Waals surface area contributed by atoms with Gasteiger partial charge in [0.2, 0.25) is 0 Å². The predicted octanol–water partition coefficient (Wildman–Crippen LogP) is 2.66. The first kappa shape index (κ1) is 11.3. The van der Waals surface area contributed by atoms with Crippen LogP contribution in [0.2, 0.25) is 0 Å². The van der Waals surface area contributed by atoms with Gasteiger partial charge < -0.3 is 10.5 Å². The van der Waals surface area contributed by atoms with Crippen LogP contribution >= 0.6 is 0 Å². The fourth-order valence-electron chi connectivity index (χ4n) is 1.68. The Hall–Kier alpha value is -1.23. The molecule has 0 amide bonds. The van der Waals surface area contributed by atoms with Crippen LogP contribution in [0.15, 0.2) is 18.2 Å². The van der Waals surface area contributed by atoms with Gasteiger partial charge in [0.25, 0.3) is 0 Å². The van der Waals surface area contributed by atoms with Gasteiger partial charge >= 0.3 is 6.18 Å². The minimum Gasteiger partial charge on any atom is -0.496 e. The second-order valence-corrected chi connectivity index (χ2v) is 4.07. The van der Waals surface area contributed by atoms with Crippen LogP contribution in [0.5, 0.6) is 5.75 Å². The standard InChI is InChI=1S/C11H12F3NO/c1-16-9-3-2-7(11(12,13)14)6-8(9)10(15)4-5-10/h2-3,6H,4-5,15H2,1H3. The summed E-state index contributed by atoms with van der Waals surface area (Å²) in [5.41, 5.74) is 5.05. The number of halogens is 3. The maximum atomic E-state index is 12.5. The Morgan fingerprint density at radius 2 is 1.94 bits per heavy atom. The highest BCUT2D eigenvalue weighted by molar-refractivity contribution is 5.45. The molecule has 1 aliphatic carbocycles. The third-order valence-electron chi connectivity index (χ3n) is 2.85. The van der Waals surface area contributed by atoms with Gasteiger partial charge in [-0.25, -0.2) is 0 Å². The minimum absolute atomic E-state index is 0.424. The van der Waals surface area contributed by atoms with Crippen molar-refractivity contribution in [2.45, 2.75) is 24.6 Å². The summed E-state index contributed by atoms with van der Waals surface area (Å²) in [4.78, 5) is 0. The van der Waals surface area contributed by atoms with Crippen molar-refractivity contribution in [3.8, 4) is 5.75 Å². The highest BCUT2D eigenvalue weighted by Gasteiger charge is 2.43. The Balaban J connectivity index is 2.48. The molecule has 0 saturated heterocycles. The SMILES string of the molecule is COc1ccc(C(F)(F)F)cc1C1(N)CC1. The van der Waals surface area contributed by atoms with Gasteiger partial charge in [-0.3, -0.25) is 0 Å². The lowest BCUT2D eigenvalue weighted by Gasteiger charge is -2.16. The summed E-state index contributed by atoms with van der Waals surface area (Å²) in [5.74, 6) is 0.424. The summed E-state index contributed by atoms with van der Waals surface area (Å²) in [6.07, 6.45) is -2.94. The molecule has 0 aromatic heterocycles. The van der Waals surface area contributed by atoms with Crippen LogP contribution in [-0.2, 0) is 11.7 Å². The molecule has 2 rings (SSSR count). The Labute approximate surface area is 91.2 Å². The molecule has 0 aliphatic heterocycles. The van der Waals surface area contributed by atoms with E-state index in [-0.39, 0.29) is 0 Å². The first-order chi connectivity index (χ1) is 7.37. The lowest BCUT2D eigenvalue weighted by atomic mass is 10.0. The molecule has 0 spiro atoms. The van der Waals surface area contributed by atoms with Crippen LogP contribution in [-0.4, -0.2) is 7.11 Å². The molecule has 16 heavy (non-hydrogen) atoms. The molecule has 2 N–H and O–H groups in total. The van der Waals surface area contributed by atoms with Crippen molar-refractivity contribution in [3.63, 3.8) is 0 Å². The summed E-state index contributed by atoms with van der Waals surface area (Å²) in [5, 5.41) is 0. The van der Waals surface area contributed by atoms with E-state index in [0.717, 1.165) is 12.1 Å². The van der Waals surface area contributed by atoms with Gasteiger partial charge in [0, 0.05) is 11.1 Å². The van der Waals surface area contributed by atoms with E-state index in [1.807, 2.05) is 0 Å². The summed E-state index contributed by atoms with van der Waals surface area (Å²) >= 11 is 0. The van der Waals surface area contributed by atoms with Crippen LogP contribution in [0.4, 0.5) is 13.2 Å². The van der Waals surface area contributed by atoms with Gasteiger partial charge in [-0.2, -0.15) is 13.2 Å². The normalized spacial score (nSPS) is 18.3. The number of nitrogens with two attached hydrogens (primary N) is 1. The number of hydrogen-bond acceptors (Lipinski definition) is 2. The smallest absolute Gasteiger partial charge is 0.416 e. The number of alkyl halides is 3. The lowest BCUT2D eigenvalue weighted by molar-refractivity contribution is -0.137. The Bertz CT molecular complexity index is 410. The van der Waals surface area contributed by atoms with Crippen molar-refractivity contribution in [3.05, 3.63) is 29.3 Å². The van der Waals surface area contributed by atoms with Crippen molar-refractivity contribution < 1.29 is 17.9 Å². The zero-order valence-electron chi connectivity index (χ0n) is 8.77. The average Bonchev–Trinajstić information content (AvgIpc) is 2.95. The third kappa shape index (κ3) is 1.87. The van der Waals surface area contributed by atoms with Crippen LogP contribution in [0.3, 0.4) is 0 Å². The minimum atomic E-state index is -4.34. The summed E-state index contributed by atoms with van der Waals surface area (Å²) in [6, 6.07) is 3.42. The van der Waals surface area contributed by atoms with Crippen molar-refractivity contribution in [1.29, 1.82) is 0 Å². The molecule has 0 bridgehead atoms. The topological polar surface area (TPSA) is 35.2 Å². The highest BCUT2D eigenvalue weighted by Crippen LogP contribution is 2.47. The van der Waals surface area contributed by atoms with E-state index >= 15 is 0 Å². The Morgan fingerprint density at radius 1 is 1.31 bits per heavy atom. The fourth-order valence-corrected chi connectivity index (χ4v) is 1.68. The predicted molar refractivity (Wildman–Crippen MR) is 53.1 cm³/mol. The van der Waals surface area contributed by atoms with Crippen molar-refractivity contribution in [2.75, 3.05) is 7.11 Å². The van der Waals surface area contributed by atoms with E-state index < -0.39 is 17.3 Å². The zero-order chi connectivity index (χ0) is 12.0. The molecule has 1 aromatic carbocycles. The lowest BCUT2D eigenvalue weighted by Crippen LogP contribution is -2.20. The maximum absolute atomic E-state index is 12.5. The average molecular weight is 231 g/mol. The molecule has 0 unspecified atom stereocenters. The second kappa shape index (κ2) is 3.38. The van der Waals surface area contributed by atoms with E-state index in [1.54, 1.807) is 0 Å². The number of rotatable bonds is 2. The van der Waals surface area contributed by atoms with Gasteiger partial charge in [-0.15, -0.1) is 0 Å². The molecule has 1 aliphatic rings. The maximum Gasteiger partial charge on any atom is 0.416 e. The first-order valence-electron chi connectivity index (χ1n) is 4.91. The molecule has 88 valence electrons. The summed E-state index contributed by atoms with van der Waals surface area (Å²) in [7, 11) is 1.43. The van der Waals surface area contributed by atoms with Crippen LogP contribution in [0.25, 0.3) is 0 Å². The van der Waals surface area contributed by atoms with Crippen molar-refractivity contribution in [1.82, 2.24) is 0 Å². The number of methoxy groups -OCH3 is 1. The summed E-state index contributed by atoms with van der Waals surface area (Å²) in [6.45, 7) is 0. The molecular weight excluding hydrogens is 219 g/mol. The van der Waals surface area contributed by atoms with Crippen molar-refractivity contribution >= 4 is 0 Å². The zero-order valence-corrected chi connectivity index (χ0v) is 8.77. The monoisotopic (exact) mass is 231 g/mol. The van der Waals surface area contributed by atoms with Gasteiger partial charge in [0.05, 0.1) is 12.7 Å². The van der Waals surface area contributed by atoms with Gasteiger partial charge in [0.1, 0.15) is 5.75 Å². The van der Waals surface area contributed by atoms with Gasteiger partial charge in [-0.1, -0.05) is 0 Å².